The van der Waals surface area contributed by atoms with Crippen LogP contribution in [0.4, 0.5) is 0 Å². The van der Waals surface area contributed by atoms with Gasteiger partial charge >= 0.3 is 0 Å². The maximum absolute atomic E-state index is 12.4. The van der Waals surface area contributed by atoms with Crippen molar-refractivity contribution in [2.75, 3.05) is 39.3 Å². The quantitative estimate of drug-likeness (QED) is 0.843. The molecule has 1 heterocycles. The molecule has 2 rings (SSSR count). The van der Waals surface area contributed by atoms with Gasteiger partial charge in [0.1, 0.15) is 0 Å². The first kappa shape index (κ1) is 16.6. The number of unbranched alkanes of at least 4 members (excludes halogenated alkanes) is 1. The summed E-state index contributed by atoms with van der Waals surface area (Å²) in [5, 5.41) is 9.75. The van der Waals surface area contributed by atoms with Crippen LogP contribution in [0.5, 0.6) is 0 Å². The molecule has 0 spiro atoms. The number of carbonyl (C=O) groups excluding carboxylic acids is 1. The second-order valence-electron chi connectivity index (χ2n) is 5.22. The summed E-state index contributed by atoms with van der Waals surface area (Å²) >= 11 is 11.9. The Morgan fingerprint density at radius 1 is 1.05 bits per heavy atom. The Kier molecular flexibility index (Phi) is 6.30. The third-order valence-electron chi connectivity index (χ3n) is 3.65. The van der Waals surface area contributed by atoms with Crippen molar-refractivity contribution >= 4 is 29.1 Å². The Hall–Kier alpha value is -0.810. The maximum Gasteiger partial charge on any atom is 0.254 e. The van der Waals surface area contributed by atoms with Crippen molar-refractivity contribution in [1.82, 2.24) is 9.80 Å². The summed E-state index contributed by atoms with van der Waals surface area (Å²) in [5.74, 6) is -0.0191. The summed E-state index contributed by atoms with van der Waals surface area (Å²) in [6.07, 6.45) is 1.83. The summed E-state index contributed by atoms with van der Waals surface area (Å²) < 4.78 is 0. The highest BCUT2D eigenvalue weighted by Gasteiger charge is 2.22. The van der Waals surface area contributed by atoms with Crippen molar-refractivity contribution in [3.63, 3.8) is 0 Å². The average molecular weight is 331 g/mol. The zero-order valence-electron chi connectivity index (χ0n) is 11.9. The number of rotatable bonds is 5. The lowest BCUT2D eigenvalue weighted by Crippen LogP contribution is -2.48. The first-order valence-corrected chi connectivity index (χ1v) is 7.94. The van der Waals surface area contributed by atoms with Gasteiger partial charge in [0.15, 0.2) is 0 Å². The highest BCUT2D eigenvalue weighted by molar-refractivity contribution is 6.35. The van der Waals surface area contributed by atoms with Gasteiger partial charge in [-0.15, -0.1) is 0 Å². The second-order valence-corrected chi connectivity index (χ2v) is 6.10. The highest BCUT2D eigenvalue weighted by Crippen LogP contribution is 2.20. The van der Waals surface area contributed by atoms with Crippen LogP contribution in [0.3, 0.4) is 0 Å². The first-order chi connectivity index (χ1) is 10.1. The molecule has 21 heavy (non-hydrogen) atoms. The van der Waals surface area contributed by atoms with Crippen molar-refractivity contribution in [2.45, 2.75) is 12.8 Å². The van der Waals surface area contributed by atoms with E-state index in [1.54, 1.807) is 18.2 Å². The Morgan fingerprint density at radius 2 is 1.67 bits per heavy atom. The number of benzene rings is 1. The van der Waals surface area contributed by atoms with E-state index < -0.39 is 0 Å². The second kappa shape index (κ2) is 7.99. The molecular weight excluding hydrogens is 311 g/mol. The van der Waals surface area contributed by atoms with Gasteiger partial charge < -0.3 is 10.0 Å². The van der Waals surface area contributed by atoms with E-state index in [9.17, 15) is 4.79 Å². The molecule has 1 aromatic carbocycles. The molecule has 0 aliphatic carbocycles. The van der Waals surface area contributed by atoms with Gasteiger partial charge in [0.2, 0.25) is 0 Å². The van der Waals surface area contributed by atoms with Gasteiger partial charge in [-0.2, -0.15) is 0 Å². The molecule has 0 atom stereocenters. The van der Waals surface area contributed by atoms with Crippen molar-refractivity contribution in [3.05, 3.63) is 33.8 Å². The van der Waals surface area contributed by atoms with Crippen molar-refractivity contribution in [3.8, 4) is 0 Å². The van der Waals surface area contributed by atoms with E-state index >= 15 is 0 Å². The molecule has 1 aliphatic rings. The van der Waals surface area contributed by atoms with E-state index in [4.69, 9.17) is 28.3 Å². The number of nitrogens with zero attached hydrogens (tertiary/aromatic N) is 2. The largest absolute Gasteiger partial charge is 0.396 e. The Bertz CT molecular complexity index is 468. The fourth-order valence-corrected chi connectivity index (χ4v) is 3.01. The molecule has 6 heteroatoms. The molecule has 0 saturated carbocycles. The van der Waals surface area contributed by atoms with Crippen LogP contribution >= 0.6 is 23.2 Å². The molecule has 0 aromatic heterocycles. The Balaban J connectivity index is 1.88. The first-order valence-electron chi connectivity index (χ1n) is 7.19. The summed E-state index contributed by atoms with van der Waals surface area (Å²) in [4.78, 5) is 16.6. The predicted molar refractivity (Wildman–Crippen MR) is 85.1 cm³/mol. The molecule has 1 amide bonds. The standard InChI is InChI=1S/C15H20Cl2N2O2/c16-13-9-12(10-14(17)11-13)15(21)19-6-4-18(5-7-19)3-1-2-8-20/h9-11,20H,1-8H2. The molecule has 4 nitrogen and oxygen atoms in total. The number of aliphatic hydroxyl groups is 1. The fourth-order valence-electron chi connectivity index (χ4n) is 2.48. The van der Waals surface area contributed by atoms with Crippen LogP contribution in [-0.2, 0) is 0 Å². The van der Waals surface area contributed by atoms with Gasteiger partial charge in [0, 0.05) is 48.4 Å². The number of hydrogen-bond acceptors (Lipinski definition) is 3. The molecule has 1 aromatic rings. The van der Waals surface area contributed by atoms with Gasteiger partial charge in [-0.1, -0.05) is 23.2 Å². The summed E-state index contributed by atoms with van der Waals surface area (Å²) in [6.45, 7) is 4.38. The number of aliphatic hydroxyl groups excluding tert-OH is 1. The van der Waals surface area contributed by atoms with Gasteiger partial charge in [-0.3, -0.25) is 9.69 Å². The van der Waals surface area contributed by atoms with Crippen molar-refractivity contribution in [2.24, 2.45) is 0 Å². The molecule has 0 unspecified atom stereocenters. The smallest absolute Gasteiger partial charge is 0.254 e. The third kappa shape index (κ3) is 4.85. The lowest BCUT2D eigenvalue weighted by Gasteiger charge is -2.34. The molecule has 1 N–H and O–H groups in total. The monoisotopic (exact) mass is 330 g/mol. The van der Waals surface area contributed by atoms with Crippen LogP contribution in [-0.4, -0.2) is 60.1 Å². The summed E-state index contributed by atoms with van der Waals surface area (Å²) in [7, 11) is 0. The lowest BCUT2D eigenvalue weighted by molar-refractivity contribution is 0.0634. The van der Waals surface area contributed by atoms with Crippen LogP contribution in [0.2, 0.25) is 10.0 Å². The summed E-state index contributed by atoms with van der Waals surface area (Å²) in [5.41, 5.74) is 0.543. The van der Waals surface area contributed by atoms with Crippen LogP contribution in [0.1, 0.15) is 23.2 Å². The van der Waals surface area contributed by atoms with Gasteiger partial charge in [0.05, 0.1) is 0 Å². The van der Waals surface area contributed by atoms with Gasteiger partial charge in [-0.05, 0) is 37.6 Å². The van der Waals surface area contributed by atoms with Crippen LogP contribution in [0.25, 0.3) is 0 Å². The van der Waals surface area contributed by atoms with Gasteiger partial charge in [-0.25, -0.2) is 0 Å². The minimum Gasteiger partial charge on any atom is -0.396 e. The zero-order chi connectivity index (χ0) is 15.2. The summed E-state index contributed by atoms with van der Waals surface area (Å²) in [6, 6.07) is 4.94. The maximum atomic E-state index is 12.4. The van der Waals surface area contributed by atoms with Crippen molar-refractivity contribution in [1.29, 1.82) is 0 Å². The average Bonchev–Trinajstić information content (AvgIpc) is 2.46. The number of amides is 1. The van der Waals surface area contributed by atoms with E-state index in [1.165, 1.54) is 0 Å². The zero-order valence-corrected chi connectivity index (χ0v) is 13.4. The molecular formula is C15H20Cl2N2O2. The Morgan fingerprint density at radius 3 is 2.24 bits per heavy atom. The molecule has 0 bridgehead atoms. The van der Waals surface area contributed by atoms with E-state index in [0.717, 1.165) is 32.5 Å². The molecule has 1 aliphatic heterocycles. The lowest BCUT2D eigenvalue weighted by atomic mass is 10.1. The molecule has 1 saturated heterocycles. The highest BCUT2D eigenvalue weighted by atomic mass is 35.5. The predicted octanol–water partition coefficient (Wildman–Crippen LogP) is 2.52. The number of hydrogen-bond donors (Lipinski definition) is 1. The van der Waals surface area contributed by atoms with Crippen LogP contribution < -0.4 is 0 Å². The van der Waals surface area contributed by atoms with E-state index in [2.05, 4.69) is 4.90 Å². The van der Waals surface area contributed by atoms with E-state index in [1.807, 2.05) is 4.90 Å². The molecule has 1 fully saturated rings. The SMILES string of the molecule is O=C(c1cc(Cl)cc(Cl)c1)N1CCN(CCCCO)CC1. The number of halogens is 2. The Labute approximate surface area is 135 Å². The van der Waals surface area contributed by atoms with Crippen LogP contribution in [0, 0.1) is 0 Å². The van der Waals surface area contributed by atoms with Crippen molar-refractivity contribution < 1.29 is 9.90 Å². The van der Waals surface area contributed by atoms with E-state index in [0.29, 0.717) is 28.7 Å². The number of piperazine rings is 1. The van der Waals surface area contributed by atoms with Gasteiger partial charge in [0.25, 0.3) is 5.91 Å². The minimum absolute atomic E-state index is 0.0191. The fraction of sp³-hybridized carbons (Fsp3) is 0.533. The van der Waals surface area contributed by atoms with Crippen LogP contribution in [0.15, 0.2) is 18.2 Å². The number of carbonyl (C=O) groups is 1. The topological polar surface area (TPSA) is 43.8 Å². The normalized spacial score (nSPS) is 16.2. The minimum atomic E-state index is -0.0191. The molecule has 116 valence electrons. The van der Waals surface area contributed by atoms with E-state index in [-0.39, 0.29) is 12.5 Å². The third-order valence-corrected chi connectivity index (χ3v) is 4.09. The molecule has 0 radical (unpaired) electrons.